The third kappa shape index (κ3) is 4.40. The zero-order chi connectivity index (χ0) is 15.2. The van der Waals surface area contributed by atoms with Crippen LogP contribution in [0.5, 0.6) is 0 Å². The fraction of sp³-hybridized carbons (Fsp3) is 0.667. The van der Waals surface area contributed by atoms with E-state index in [4.69, 9.17) is 0 Å². The molecule has 21 heavy (non-hydrogen) atoms. The zero-order valence-electron chi connectivity index (χ0n) is 13.6. The van der Waals surface area contributed by atoms with Gasteiger partial charge in [-0.05, 0) is 62.8 Å². The molecule has 3 heteroatoms. The van der Waals surface area contributed by atoms with Gasteiger partial charge in [0.25, 0.3) is 0 Å². The molecule has 1 aliphatic rings. The van der Waals surface area contributed by atoms with Crippen LogP contribution in [0.25, 0.3) is 0 Å². The fourth-order valence-electron chi connectivity index (χ4n) is 3.30. The van der Waals surface area contributed by atoms with Gasteiger partial charge in [0.2, 0.25) is 0 Å². The van der Waals surface area contributed by atoms with Gasteiger partial charge in [-0.1, -0.05) is 32.4 Å². The van der Waals surface area contributed by atoms with Crippen LogP contribution >= 0.6 is 0 Å². The Bertz CT molecular complexity index is 474. The second-order valence-corrected chi connectivity index (χ2v) is 7.97. The summed E-state index contributed by atoms with van der Waals surface area (Å²) in [5.74, 6) is 0.739. The summed E-state index contributed by atoms with van der Waals surface area (Å²) in [6.45, 7) is 7.56. The van der Waals surface area contributed by atoms with E-state index < -0.39 is 10.8 Å². The van der Waals surface area contributed by atoms with Crippen molar-refractivity contribution in [2.75, 3.05) is 6.54 Å². The van der Waals surface area contributed by atoms with Crippen molar-refractivity contribution in [1.82, 2.24) is 5.32 Å². The number of hydrogen-bond donors (Lipinski definition) is 1. The summed E-state index contributed by atoms with van der Waals surface area (Å²) in [5, 5.41) is 3.90. The highest BCUT2D eigenvalue weighted by Crippen LogP contribution is 2.32. The Morgan fingerprint density at radius 3 is 2.76 bits per heavy atom. The quantitative estimate of drug-likeness (QED) is 0.859. The number of rotatable bonds is 6. The van der Waals surface area contributed by atoms with Crippen LogP contribution < -0.4 is 5.32 Å². The standard InChI is InChI=1S/C18H29NOS/c1-4-11-19-17-10-9-15(5-2)13-18(17)21(20)16-8-6-7-14(3)12-16/h6-8,12,15,17-19H,4-5,9-11,13H2,1-3H3. The summed E-state index contributed by atoms with van der Waals surface area (Å²) >= 11 is 0. The van der Waals surface area contributed by atoms with Crippen LogP contribution in [0.1, 0.15) is 51.5 Å². The van der Waals surface area contributed by atoms with Crippen LogP contribution in [0.2, 0.25) is 0 Å². The average molecular weight is 308 g/mol. The lowest BCUT2D eigenvalue weighted by atomic mass is 9.84. The lowest BCUT2D eigenvalue weighted by Gasteiger charge is -2.36. The van der Waals surface area contributed by atoms with E-state index in [1.54, 1.807) is 0 Å². The van der Waals surface area contributed by atoms with Crippen LogP contribution in [0, 0.1) is 12.8 Å². The molecule has 0 heterocycles. The van der Waals surface area contributed by atoms with Gasteiger partial charge in [0.15, 0.2) is 0 Å². The Balaban J connectivity index is 2.15. The van der Waals surface area contributed by atoms with Crippen molar-refractivity contribution in [2.24, 2.45) is 5.92 Å². The van der Waals surface area contributed by atoms with Gasteiger partial charge in [-0.2, -0.15) is 0 Å². The zero-order valence-corrected chi connectivity index (χ0v) is 14.4. The summed E-state index contributed by atoms with van der Waals surface area (Å²) in [4.78, 5) is 1.00. The second-order valence-electron chi connectivity index (χ2n) is 6.30. The summed E-state index contributed by atoms with van der Waals surface area (Å²) in [6, 6.07) is 8.62. The molecule has 118 valence electrons. The number of aryl methyl sites for hydroxylation is 1. The third-order valence-corrected chi connectivity index (χ3v) is 6.42. The van der Waals surface area contributed by atoms with Crippen LogP contribution in [0.15, 0.2) is 29.2 Å². The minimum atomic E-state index is -0.898. The maximum absolute atomic E-state index is 13.1. The Morgan fingerprint density at radius 1 is 1.29 bits per heavy atom. The highest BCUT2D eigenvalue weighted by atomic mass is 32.2. The molecule has 0 bridgehead atoms. The van der Waals surface area contributed by atoms with E-state index >= 15 is 0 Å². The van der Waals surface area contributed by atoms with E-state index in [0.717, 1.165) is 30.2 Å². The SMILES string of the molecule is CCCNC1CCC(CC)CC1S(=O)c1cccc(C)c1. The molecule has 1 N–H and O–H groups in total. The summed E-state index contributed by atoms with van der Waals surface area (Å²) in [6.07, 6.45) is 5.89. The molecule has 1 aromatic carbocycles. The molecule has 0 spiro atoms. The lowest BCUT2D eigenvalue weighted by Crippen LogP contribution is -2.46. The molecule has 0 aliphatic heterocycles. The molecule has 1 fully saturated rings. The van der Waals surface area contributed by atoms with Crippen molar-refractivity contribution in [3.05, 3.63) is 29.8 Å². The summed E-state index contributed by atoms with van der Waals surface area (Å²) in [5.41, 5.74) is 1.20. The van der Waals surface area contributed by atoms with E-state index in [2.05, 4.69) is 38.2 Å². The Hall–Kier alpha value is -0.670. The van der Waals surface area contributed by atoms with Crippen molar-refractivity contribution in [1.29, 1.82) is 0 Å². The molecule has 1 aliphatic carbocycles. The molecule has 4 unspecified atom stereocenters. The lowest BCUT2D eigenvalue weighted by molar-refractivity contribution is 0.292. The highest BCUT2D eigenvalue weighted by Gasteiger charge is 2.34. The first kappa shape index (κ1) is 16.7. The molecule has 1 aromatic rings. The molecule has 2 rings (SSSR count). The summed E-state index contributed by atoms with van der Waals surface area (Å²) < 4.78 is 13.1. The van der Waals surface area contributed by atoms with E-state index in [0.29, 0.717) is 6.04 Å². The number of nitrogens with one attached hydrogen (secondary N) is 1. The van der Waals surface area contributed by atoms with Gasteiger partial charge in [0, 0.05) is 10.9 Å². The normalized spacial score (nSPS) is 27.5. The maximum Gasteiger partial charge on any atom is 0.0576 e. The molecule has 0 saturated heterocycles. The first-order valence-electron chi connectivity index (χ1n) is 8.36. The molecular formula is C18H29NOS. The van der Waals surface area contributed by atoms with Gasteiger partial charge < -0.3 is 5.32 Å². The van der Waals surface area contributed by atoms with Crippen LogP contribution in [0.4, 0.5) is 0 Å². The molecule has 0 aromatic heterocycles. The largest absolute Gasteiger partial charge is 0.313 e. The first-order chi connectivity index (χ1) is 10.2. The van der Waals surface area contributed by atoms with Gasteiger partial charge in [0.05, 0.1) is 16.0 Å². The predicted molar refractivity (Wildman–Crippen MR) is 91.1 cm³/mol. The predicted octanol–water partition coefficient (Wildman–Crippen LogP) is 4.05. The van der Waals surface area contributed by atoms with Gasteiger partial charge in [0.1, 0.15) is 0 Å². The van der Waals surface area contributed by atoms with Crippen LogP contribution in [0.3, 0.4) is 0 Å². The van der Waals surface area contributed by atoms with Crippen molar-refractivity contribution >= 4 is 10.8 Å². The number of benzene rings is 1. The minimum absolute atomic E-state index is 0.261. The topological polar surface area (TPSA) is 29.1 Å². The smallest absolute Gasteiger partial charge is 0.0576 e. The van der Waals surface area contributed by atoms with Crippen molar-refractivity contribution in [3.8, 4) is 0 Å². The summed E-state index contributed by atoms with van der Waals surface area (Å²) in [7, 11) is -0.898. The molecule has 4 atom stereocenters. The fourth-order valence-corrected chi connectivity index (χ4v) is 5.14. The average Bonchev–Trinajstić information content (AvgIpc) is 2.52. The van der Waals surface area contributed by atoms with E-state index in [1.807, 2.05) is 12.1 Å². The Labute approximate surface area is 132 Å². The van der Waals surface area contributed by atoms with E-state index in [-0.39, 0.29) is 5.25 Å². The highest BCUT2D eigenvalue weighted by molar-refractivity contribution is 7.85. The number of hydrogen-bond acceptors (Lipinski definition) is 2. The van der Waals surface area contributed by atoms with Gasteiger partial charge in [-0.25, -0.2) is 0 Å². The first-order valence-corrected chi connectivity index (χ1v) is 9.57. The van der Waals surface area contributed by atoms with Crippen molar-refractivity contribution in [3.63, 3.8) is 0 Å². The van der Waals surface area contributed by atoms with Crippen LogP contribution in [-0.4, -0.2) is 22.0 Å². The molecule has 2 nitrogen and oxygen atoms in total. The molecule has 1 saturated carbocycles. The Kier molecular flexibility index (Phi) is 6.43. The van der Waals surface area contributed by atoms with Crippen molar-refractivity contribution < 1.29 is 4.21 Å². The van der Waals surface area contributed by atoms with Crippen LogP contribution in [-0.2, 0) is 10.8 Å². The van der Waals surface area contributed by atoms with E-state index in [9.17, 15) is 4.21 Å². The van der Waals surface area contributed by atoms with Crippen molar-refractivity contribution in [2.45, 2.75) is 69.1 Å². The van der Waals surface area contributed by atoms with E-state index in [1.165, 1.54) is 24.8 Å². The Morgan fingerprint density at radius 2 is 2.10 bits per heavy atom. The third-order valence-electron chi connectivity index (χ3n) is 4.63. The minimum Gasteiger partial charge on any atom is -0.313 e. The van der Waals surface area contributed by atoms with Gasteiger partial charge >= 0.3 is 0 Å². The van der Waals surface area contributed by atoms with Gasteiger partial charge in [-0.15, -0.1) is 0 Å². The molecule has 0 amide bonds. The molecular weight excluding hydrogens is 278 g/mol. The molecule has 0 radical (unpaired) electrons. The maximum atomic E-state index is 13.1. The van der Waals surface area contributed by atoms with Gasteiger partial charge in [-0.3, -0.25) is 4.21 Å². The second kappa shape index (κ2) is 8.09. The monoisotopic (exact) mass is 307 g/mol.